The summed E-state index contributed by atoms with van der Waals surface area (Å²) in [5.74, 6) is -0.962. The van der Waals surface area contributed by atoms with Crippen LogP contribution in [-0.2, 0) is 9.59 Å². The van der Waals surface area contributed by atoms with Gasteiger partial charge in [-0.3, -0.25) is 9.59 Å². The van der Waals surface area contributed by atoms with Crippen molar-refractivity contribution < 1.29 is 14.7 Å². The maximum absolute atomic E-state index is 11.4. The first kappa shape index (κ1) is 13.1. The number of unbranched alkanes of at least 4 members (excludes halogenated alkanes) is 1. The molecule has 5 nitrogen and oxygen atoms in total. The SMILES string of the molecule is O=C(O)CCCCC(=O)Nc1ncc(Br)s1. The number of nitrogens with one attached hydrogen (secondary N) is 1. The Morgan fingerprint density at radius 3 is 2.69 bits per heavy atom. The molecule has 0 saturated carbocycles. The molecule has 0 saturated heterocycles. The summed E-state index contributed by atoms with van der Waals surface area (Å²) in [6.07, 6.45) is 3.14. The van der Waals surface area contributed by atoms with E-state index in [0.29, 0.717) is 24.4 Å². The second-order valence-corrected chi connectivity index (χ2v) is 5.53. The van der Waals surface area contributed by atoms with Gasteiger partial charge in [0.1, 0.15) is 0 Å². The number of hydrogen-bond donors (Lipinski definition) is 2. The summed E-state index contributed by atoms with van der Waals surface area (Å²) >= 11 is 4.58. The van der Waals surface area contributed by atoms with Gasteiger partial charge in [0, 0.05) is 12.8 Å². The van der Waals surface area contributed by atoms with Crippen LogP contribution in [0.3, 0.4) is 0 Å². The van der Waals surface area contributed by atoms with E-state index in [1.807, 2.05) is 0 Å². The Bertz CT molecular complexity index is 381. The third kappa shape index (κ3) is 5.22. The molecule has 0 unspecified atom stereocenters. The predicted octanol–water partition coefficient (Wildman–Crippen LogP) is 2.49. The lowest BCUT2D eigenvalue weighted by molar-refractivity contribution is -0.137. The fourth-order valence-electron chi connectivity index (χ4n) is 1.06. The van der Waals surface area contributed by atoms with E-state index in [1.165, 1.54) is 11.3 Å². The van der Waals surface area contributed by atoms with Gasteiger partial charge in [0.15, 0.2) is 5.13 Å². The molecule has 0 atom stereocenters. The maximum atomic E-state index is 11.4. The molecule has 0 aliphatic heterocycles. The van der Waals surface area contributed by atoms with Gasteiger partial charge in [0.05, 0.1) is 9.98 Å². The van der Waals surface area contributed by atoms with Crippen LogP contribution >= 0.6 is 27.3 Å². The summed E-state index contributed by atoms with van der Waals surface area (Å²) < 4.78 is 0.855. The standard InChI is InChI=1S/C9H11BrN2O3S/c10-6-5-11-9(16-6)12-7(13)3-1-2-4-8(14)15/h5H,1-4H2,(H,14,15)(H,11,12,13). The molecule has 0 aromatic carbocycles. The van der Waals surface area contributed by atoms with Gasteiger partial charge in [-0.1, -0.05) is 11.3 Å². The van der Waals surface area contributed by atoms with Crippen molar-refractivity contribution in [1.82, 2.24) is 4.98 Å². The van der Waals surface area contributed by atoms with Crippen LogP contribution < -0.4 is 5.32 Å². The highest BCUT2D eigenvalue weighted by Crippen LogP contribution is 2.23. The summed E-state index contributed by atoms with van der Waals surface area (Å²) in [6, 6.07) is 0. The fraction of sp³-hybridized carbons (Fsp3) is 0.444. The van der Waals surface area contributed by atoms with Gasteiger partial charge in [-0.2, -0.15) is 0 Å². The molecule has 1 rings (SSSR count). The minimum absolute atomic E-state index is 0.107. The molecule has 88 valence electrons. The molecule has 0 radical (unpaired) electrons. The largest absolute Gasteiger partial charge is 0.481 e. The van der Waals surface area contributed by atoms with E-state index in [4.69, 9.17) is 5.11 Å². The average molecular weight is 307 g/mol. The van der Waals surface area contributed by atoms with Crippen molar-refractivity contribution in [3.63, 3.8) is 0 Å². The number of aromatic nitrogens is 1. The molecule has 0 fully saturated rings. The van der Waals surface area contributed by atoms with Crippen molar-refractivity contribution in [2.45, 2.75) is 25.7 Å². The lowest BCUT2D eigenvalue weighted by Crippen LogP contribution is -2.10. The molecule has 2 N–H and O–H groups in total. The van der Waals surface area contributed by atoms with Gasteiger partial charge in [0.25, 0.3) is 0 Å². The zero-order chi connectivity index (χ0) is 12.0. The molecule has 0 spiro atoms. The number of carboxylic acids is 1. The first-order chi connectivity index (χ1) is 7.58. The number of rotatable bonds is 6. The normalized spacial score (nSPS) is 10.1. The Morgan fingerprint density at radius 2 is 2.12 bits per heavy atom. The second kappa shape index (κ2) is 6.59. The third-order valence-corrected chi connectivity index (χ3v) is 3.16. The van der Waals surface area contributed by atoms with Crippen molar-refractivity contribution in [2.24, 2.45) is 0 Å². The molecule has 1 amide bonds. The van der Waals surface area contributed by atoms with E-state index in [0.717, 1.165) is 3.79 Å². The Balaban J connectivity index is 2.18. The topological polar surface area (TPSA) is 79.3 Å². The number of thiazole rings is 1. The number of anilines is 1. The quantitative estimate of drug-likeness (QED) is 0.791. The molecule has 7 heteroatoms. The summed E-state index contributed by atoms with van der Waals surface area (Å²) in [4.78, 5) is 25.5. The lowest BCUT2D eigenvalue weighted by atomic mass is 10.2. The van der Waals surface area contributed by atoms with Gasteiger partial charge < -0.3 is 10.4 Å². The number of carboxylic acid groups (broad SMARTS) is 1. The van der Waals surface area contributed by atoms with Gasteiger partial charge >= 0.3 is 5.97 Å². The molecule has 1 aromatic heterocycles. The number of carbonyl (C=O) groups is 2. The zero-order valence-corrected chi connectivity index (χ0v) is 10.8. The van der Waals surface area contributed by atoms with Gasteiger partial charge in [-0.15, -0.1) is 0 Å². The van der Waals surface area contributed by atoms with Crippen LogP contribution in [0.2, 0.25) is 0 Å². The lowest BCUT2D eigenvalue weighted by Gasteiger charge is -2.00. The smallest absolute Gasteiger partial charge is 0.303 e. The Morgan fingerprint density at radius 1 is 1.44 bits per heavy atom. The third-order valence-electron chi connectivity index (χ3n) is 1.77. The number of hydrogen-bond acceptors (Lipinski definition) is 4. The Labute approximate surface area is 105 Å². The molecular formula is C9H11BrN2O3S. The van der Waals surface area contributed by atoms with Crippen LogP contribution in [0.5, 0.6) is 0 Å². The highest BCUT2D eigenvalue weighted by molar-refractivity contribution is 9.11. The van der Waals surface area contributed by atoms with E-state index in [9.17, 15) is 9.59 Å². The van der Waals surface area contributed by atoms with Crippen LogP contribution in [0.15, 0.2) is 9.98 Å². The van der Waals surface area contributed by atoms with Crippen LogP contribution in [0.1, 0.15) is 25.7 Å². The van der Waals surface area contributed by atoms with E-state index in [-0.39, 0.29) is 12.3 Å². The number of amides is 1. The number of nitrogens with zero attached hydrogens (tertiary/aromatic N) is 1. The monoisotopic (exact) mass is 306 g/mol. The fourth-order valence-corrected chi connectivity index (χ4v) is 2.18. The van der Waals surface area contributed by atoms with E-state index >= 15 is 0 Å². The minimum Gasteiger partial charge on any atom is -0.481 e. The van der Waals surface area contributed by atoms with Gasteiger partial charge in [-0.05, 0) is 28.8 Å². The highest BCUT2D eigenvalue weighted by atomic mass is 79.9. The van der Waals surface area contributed by atoms with Crippen molar-refractivity contribution in [3.8, 4) is 0 Å². The first-order valence-corrected chi connectivity index (χ1v) is 6.32. The first-order valence-electron chi connectivity index (χ1n) is 4.71. The van der Waals surface area contributed by atoms with Crippen LogP contribution in [0.25, 0.3) is 0 Å². The second-order valence-electron chi connectivity index (χ2n) is 3.12. The number of aliphatic carboxylic acids is 1. The summed E-state index contributed by atoms with van der Waals surface area (Å²) in [7, 11) is 0. The van der Waals surface area contributed by atoms with Crippen LogP contribution in [0, 0.1) is 0 Å². The van der Waals surface area contributed by atoms with E-state index in [1.54, 1.807) is 6.20 Å². The molecule has 16 heavy (non-hydrogen) atoms. The molecule has 0 aliphatic carbocycles. The predicted molar refractivity (Wildman–Crippen MR) is 64.5 cm³/mol. The van der Waals surface area contributed by atoms with Gasteiger partial charge in [-0.25, -0.2) is 4.98 Å². The van der Waals surface area contributed by atoms with Crippen LogP contribution in [0.4, 0.5) is 5.13 Å². The van der Waals surface area contributed by atoms with E-state index in [2.05, 4.69) is 26.2 Å². The van der Waals surface area contributed by atoms with Crippen LogP contribution in [-0.4, -0.2) is 22.0 Å². The van der Waals surface area contributed by atoms with Crippen molar-refractivity contribution in [2.75, 3.05) is 5.32 Å². The van der Waals surface area contributed by atoms with Crippen molar-refractivity contribution in [1.29, 1.82) is 0 Å². The Hall–Kier alpha value is -0.950. The molecule has 0 bridgehead atoms. The van der Waals surface area contributed by atoms with Gasteiger partial charge in [0.2, 0.25) is 5.91 Å². The summed E-state index contributed by atoms with van der Waals surface area (Å²) in [5.41, 5.74) is 0. The van der Waals surface area contributed by atoms with Crippen molar-refractivity contribution >= 4 is 44.3 Å². The molecule has 0 aliphatic rings. The molecule has 1 heterocycles. The summed E-state index contributed by atoms with van der Waals surface area (Å²) in [6.45, 7) is 0. The number of halogens is 1. The highest BCUT2D eigenvalue weighted by Gasteiger charge is 2.06. The zero-order valence-electron chi connectivity index (χ0n) is 8.40. The minimum atomic E-state index is -0.829. The molecular weight excluding hydrogens is 296 g/mol. The van der Waals surface area contributed by atoms with Crippen molar-refractivity contribution in [3.05, 3.63) is 9.98 Å². The maximum Gasteiger partial charge on any atom is 0.303 e. The Kier molecular flexibility index (Phi) is 5.41. The average Bonchev–Trinajstić information content (AvgIpc) is 2.58. The molecule has 1 aromatic rings. The number of carbonyl (C=O) groups excluding carboxylic acids is 1. The summed E-state index contributed by atoms with van der Waals surface area (Å²) in [5, 5.41) is 11.6. The van der Waals surface area contributed by atoms with E-state index < -0.39 is 5.97 Å².